The van der Waals surface area contributed by atoms with Gasteiger partial charge in [-0.1, -0.05) is 52.0 Å². The Morgan fingerprint density at radius 2 is 1.53 bits per heavy atom. The van der Waals surface area contributed by atoms with E-state index in [1.807, 2.05) is 32.9 Å². The van der Waals surface area contributed by atoms with Crippen LogP contribution in [0.1, 0.15) is 80.6 Å². The zero-order valence-corrected chi connectivity index (χ0v) is 35.7. The summed E-state index contributed by atoms with van der Waals surface area (Å²) in [6, 6.07) is 9.97. The molecule has 0 aliphatic carbocycles. The zero-order chi connectivity index (χ0) is 45.7. The number of hydrogen-bond acceptors (Lipinski definition) is 16. The van der Waals surface area contributed by atoms with E-state index in [0.717, 1.165) is 0 Å². The van der Waals surface area contributed by atoms with Gasteiger partial charge in [-0.15, -0.1) is 0 Å². The number of benzene rings is 2. The fraction of sp³-hybridized carbons (Fsp3) is 0.500. The number of nitro groups is 2. The summed E-state index contributed by atoms with van der Waals surface area (Å²) in [6.07, 6.45) is 7.13. The minimum absolute atomic E-state index is 0.000512. The predicted molar refractivity (Wildman–Crippen MR) is 220 cm³/mol. The Balaban J connectivity index is 1.40. The van der Waals surface area contributed by atoms with E-state index in [4.69, 9.17) is 33.8 Å². The molecule has 1 saturated heterocycles. The molecule has 0 amide bonds. The molecular formula is C44H54N2O16. The lowest BCUT2D eigenvalue weighted by Crippen LogP contribution is -2.42. The summed E-state index contributed by atoms with van der Waals surface area (Å²) in [5.74, 6) is -5.02. The number of nitrogens with zero attached hydrogens (tertiary/aromatic N) is 2. The van der Waals surface area contributed by atoms with E-state index in [1.165, 1.54) is 68.5 Å². The zero-order valence-electron chi connectivity index (χ0n) is 35.7. The van der Waals surface area contributed by atoms with Crippen LogP contribution in [-0.4, -0.2) is 68.8 Å². The smallest absolute Gasteiger partial charge is 0.359 e. The number of allylic oxidation sites excluding steroid dienone is 3. The molecule has 2 aromatic carbocycles. The summed E-state index contributed by atoms with van der Waals surface area (Å²) in [6.45, 7) is 12.0. The number of cyclic esters (lactones) is 1. The van der Waals surface area contributed by atoms with Crippen LogP contribution in [0.3, 0.4) is 0 Å². The molecule has 0 aromatic heterocycles. The van der Waals surface area contributed by atoms with Crippen molar-refractivity contribution in [2.24, 2.45) is 29.6 Å². The van der Waals surface area contributed by atoms with Gasteiger partial charge in [0.1, 0.15) is 17.8 Å². The van der Waals surface area contributed by atoms with E-state index in [0.29, 0.717) is 18.4 Å². The van der Waals surface area contributed by atoms with Gasteiger partial charge in [0.05, 0.1) is 40.3 Å². The number of aliphatic hydroxyl groups is 1. The molecule has 2 aliphatic rings. The minimum atomic E-state index is -1.66. The highest BCUT2D eigenvalue weighted by Crippen LogP contribution is 2.39. The van der Waals surface area contributed by atoms with E-state index in [2.05, 4.69) is 0 Å². The number of rotatable bonds is 17. The summed E-state index contributed by atoms with van der Waals surface area (Å²) >= 11 is 0. The van der Waals surface area contributed by atoms with Gasteiger partial charge in [0.25, 0.3) is 11.4 Å². The van der Waals surface area contributed by atoms with Crippen molar-refractivity contribution in [3.05, 3.63) is 105 Å². The number of carbonyl (C=O) groups is 4. The molecule has 0 spiro atoms. The first-order valence-electron chi connectivity index (χ1n) is 20.3. The Labute approximate surface area is 358 Å². The maximum Gasteiger partial charge on any atom is 0.359 e. The van der Waals surface area contributed by atoms with E-state index in [-0.39, 0.29) is 59.8 Å². The molecule has 2 aliphatic heterocycles. The summed E-state index contributed by atoms with van der Waals surface area (Å²) in [5.41, 5.74) is -1.32. The Hall–Kier alpha value is -6.14. The number of carbonyl (C=O) groups excluding carboxylic acids is 4. The molecule has 4 rings (SSSR count). The highest BCUT2D eigenvalue weighted by atomic mass is 17.2. The van der Waals surface area contributed by atoms with Gasteiger partial charge in [-0.25, -0.2) is 9.59 Å². The van der Waals surface area contributed by atoms with E-state index < -0.39 is 75.7 Å². The molecule has 0 bridgehead atoms. The van der Waals surface area contributed by atoms with Crippen molar-refractivity contribution < 1.29 is 67.9 Å². The van der Waals surface area contributed by atoms with Crippen LogP contribution < -0.4 is 9.78 Å². The molecule has 0 radical (unpaired) electrons. The molecule has 2 heterocycles. The van der Waals surface area contributed by atoms with Crippen LogP contribution in [0.5, 0.6) is 11.5 Å². The first kappa shape index (κ1) is 48.5. The van der Waals surface area contributed by atoms with Crippen LogP contribution in [0.4, 0.5) is 11.4 Å². The van der Waals surface area contributed by atoms with Crippen LogP contribution >= 0.6 is 0 Å². The Kier molecular flexibility index (Phi) is 17.3. The second kappa shape index (κ2) is 22.1. The lowest BCUT2D eigenvalue weighted by atomic mass is 9.86. The third-order valence-electron chi connectivity index (χ3n) is 10.9. The number of ether oxygens (including phenoxy) is 3. The standard InChI is InChI=1S/C44H54N2O16/c1-8-36(43(50)62-60-35-19-15-33(16-20-35)46(54)55)29(5)41-37(57-41)24-26(2)10-9-11-27(3)40-28(4)12-21-38(56-30(6)47)44(7,51)23-22-31(25-39(48)58-40)42(49)61-59-34-17-13-32(14-18-34)45(52)53/h9-21,26,28-29,31,36-38,40-41,51H,8,22-25H2,1-7H3/b10-9+,21-12+,27-11+. The molecule has 18 nitrogen and oxygen atoms in total. The van der Waals surface area contributed by atoms with Gasteiger partial charge in [0, 0.05) is 37.1 Å². The SMILES string of the molecule is CCC(C(=O)OOc1ccc([N+](=O)[O-])cc1)C(C)C1OC1CC(C)/C=C/C=C(\C)C1OC(=O)CC(C(=O)OOc2ccc([N+](=O)[O-])cc2)CCC(C)(O)C(OC(C)=O)/C=C/C1C. The molecular weight excluding hydrogens is 812 g/mol. The molecule has 0 saturated carbocycles. The van der Waals surface area contributed by atoms with Crippen LogP contribution in [0.15, 0.2) is 84.5 Å². The molecule has 18 heteroatoms. The van der Waals surface area contributed by atoms with Crippen molar-refractivity contribution in [1.29, 1.82) is 0 Å². The summed E-state index contributed by atoms with van der Waals surface area (Å²) in [4.78, 5) is 92.7. The summed E-state index contributed by atoms with van der Waals surface area (Å²) in [5, 5.41) is 33.3. The highest BCUT2D eigenvalue weighted by molar-refractivity contribution is 5.80. The van der Waals surface area contributed by atoms with Gasteiger partial charge < -0.3 is 19.3 Å². The first-order chi connectivity index (χ1) is 29.3. The van der Waals surface area contributed by atoms with Crippen LogP contribution in [0.2, 0.25) is 0 Å². The predicted octanol–water partition coefficient (Wildman–Crippen LogP) is 7.42. The summed E-state index contributed by atoms with van der Waals surface area (Å²) < 4.78 is 17.4. The van der Waals surface area contributed by atoms with Gasteiger partial charge in [0.2, 0.25) is 0 Å². The third kappa shape index (κ3) is 14.2. The Bertz CT molecular complexity index is 1990. The minimum Gasteiger partial charge on any atom is -0.457 e. The van der Waals surface area contributed by atoms with Crippen molar-refractivity contribution in [2.45, 2.75) is 111 Å². The van der Waals surface area contributed by atoms with Crippen molar-refractivity contribution in [1.82, 2.24) is 0 Å². The Morgan fingerprint density at radius 3 is 2.08 bits per heavy atom. The number of hydrogen-bond donors (Lipinski definition) is 1. The summed E-state index contributed by atoms with van der Waals surface area (Å²) in [7, 11) is 0. The van der Waals surface area contributed by atoms with E-state index >= 15 is 0 Å². The van der Waals surface area contributed by atoms with Gasteiger partial charge in [-0.05, 0) is 87.3 Å². The third-order valence-corrected chi connectivity index (χ3v) is 10.9. The monoisotopic (exact) mass is 866 g/mol. The average Bonchev–Trinajstić information content (AvgIpc) is 3.99. The van der Waals surface area contributed by atoms with Crippen molar-refractivity contribution in [3.63, 3.8) is 0 Å². The highest BCUT2D eigenvalue weighted by Gasteiger charge is 2.47. The number of epoxide rings is 1. The van der Waals surface area contributed by atoms with Gasteiger partial charge in [-0.2, -0.15) is 0 Å². The number of nitro benzene ring substituents is 2. The van der Waals surface area contributed by atoms with E-state index in [9.17, 15) is 44.5 Å². The topological polar surface area (TPSA) is 243 Å². The molecule has 1 fully saturated rings. The maximum atomic E-state index is 13.5. The second-order valence-corrected chi connectivity index (χ2v) is 16.0. The largest absolute Gasteiger partial charge is 0.457 e. The van der Waals surface area contributed by atoms with Crippen molar-refractivity contribution >= 4 is 35.3 Å². The second-order valence-electron chi connectivity index (χ2n) is 16.0. The molecule has 10 atom stereocenters. The van der Waals surface area contributed by atoms with Crippen molar-refractivity contribution in [2.75, 3.05) is 0 Å². The average molecular weight is 867 g/mol. The molecule has 62 heavy (non-hydrogen) atoms. The molecule has 2 aromatic rings. The van der Waals surface area contributed by atoms with Gasteiger partial charge >= 0.3 is 23.9 Å². The number of non-ortho nitro benzene ring substituents is 2. The van der Waals surface area contributed by atoms with Crippen LogP contribution in [0.25, 0.3) is 0 Å². The fourth-order valence-corrected chi connectivity index (χ4v) is 7.13. The molecule has 10 unspecified atom stereocenters. The Morgan fingerprint density at radius 1 is 0.952 bits per heavy atom. The fourth-order valence-electron chi connectivity index (χ4n) is 7.13. The molecule has 1 N–H and O–H groups in total. The molecule has 336 valence electrons. The van der Waals surface area contributed by atoms with Gasteiger partial charge in [0.15, 0.2) is 11.5 Å². The number of esters is 2. The lowest BCUT2D eigenvalue weighted by molar-refractivity contribution is -0.385. The normalized spacial score (nSPS) is 26.3. The maximum absolute atomic E-state index is 13.5. The quantitative estimate of drug-likeness (QED) is 0.0309. The van der Waals surface area contributed by atoms with E-state index in [1.54, 1.807) is 26.0 Å². The first-order valence-corrected chi connectivity index (χ1v) is 20.3. The van der Waals surface area contributed by atoms with Gasteiger partial charge in [-0.3, -0.25) is 49.4 Å². The lowest BCUT2D eigenvalue weighted by Gasteiger charge is -2.32. The van der Waals surface area contributed by atoms with Crippen LogP contribution in [0, 0.1) is 49.8 Å². The van der Waals surface area contributed by atoms with Crippen LogP contribution in [-0.2, 0) is 43.2 Å². The van der Waals surface area contributed by atoms with Crippen molar-refractivity contribution in [3.8, 4) is 11.5 Å².